The number of piperidine rings is 1. The number of nitrogens with zero attached hydrogens (tertiary/aromatic N) is 7. The van der Waals surface area contributed by atoms with E-state index in [1.54, 1.807) is 26.2 Å². The summed E-state index contributed by atoms with van der Waals surface area (Å²) < 4.78 is 11.2. The Morgan fingerprint density at radius 3 is 2.69 bits per heavy atom. The smallest absolute Gasteiger partial charge is 0.244 e. The zero-order valence-corrected chi connectivity index (χ0v) is 22.2. The van der Waals surface area contributed by atoms with E-state index >= 15 is 0 Å². The molecule has 0 spiro atoms. The number of hydrazine groups is 1. The zero-order valence-electron chi connectivity index (χ0n) is 22.2. The van der Waals surface area contributed by atoms with Gasteiger partial charge < -0.3 is 25.0 Å². The van der Waals surface area contributed by atoms with Crippen LogP contribution in [0.2, 0.25) is 0 Å². The van der Waals surface area contributed by atoms with Gasteiger partial charge in [-0.25, -0.2) is 10.4 Å². The number of carbonyl (C=O) groups is 1. The molecule has 1 amide bonds. The molecule has 4 N–H and O–H groups in total. The number of amides is 1. The molecule has 0 radical (unpaired) electrons. The van der Waals surface area contributed by atoms with Crippen molar-refractivity contribution >= 4 is 23.1 Å². The van der Waals surface area contributed by atoms with Gasteiger partial charge in [-0.3, -0.25) is 15.1 Å². The highest BCUT2D eigenvalue weighted by atomic mass is 16.5. The second kappa shape index (κ2) is 10.6. The van der Waals surface area contributed by atoms with Gasteiger partial charge >= 0.3 is 0 Å². The first-order chi connectivity index (χ1) is 19.0. The van der Waals surface area contributed by atoms with E-state index in [-0.39, 0.29) is 30.2 Å². The lowest BCUT2D eigenvalue weighted by Crippen LogP contribution is -2.60. The molecule has 4 atom stereocenters. The predicted molar refractivity (Wildman–Crippen MR) is 144 cm³/mol. The SMILES string of the molecule is COc1c(NC2CC(Nc3ccc(N4CCOCC4)cn3)NC3NN(C)C(=O)C23)cccc1-c1nnn(C)n1. The van der Waals surface area contributed by atoms with Gasteiger partial charge in [0.15, 0.2) is 5.75 Å². The lowest BCUT2D eigenvalue weighted by molar-refractivity contribution is -0.131. The number of benzene rings is 1. The third kappa shape index (κ3) is 5.05. The summed E-state index contributed by atoms with van der Waals surface area (Å²) >= 11 is 0. The number of aromatic nitrogens is 5. The van der Waals surface area contributed by atoms with Gasteiger partial charge in [0.1, 0.15) is 5.82 Å². The Morgan fingerprint density at radius 1 is 1.13 bits per heavy atom. The van der Waals surface area contributed by atoms with Gasteiger partial charge in [-0.15, -0.1) is 10.2 Å². The topological polar surface area (TPSA) is 147 Å². The van der Waals surface area contributed by atoms with Gasteiger partial charge in [0.25, 0.3) is 0 Å². The summed E-state index contributed by atoms with van der Waals surface area (Å²) in [5.74, 6) is 1.51. The maximum Gasteiger partial charge on any atom is 0.244 e. The molecule has 0 bridgehead atoms. The molecular formula is C25H33N11O3. The average Bonchev–Trinajstić information content (AvgIpc) is 3.51. The van der Waals surface area contributed by atoms with Crippen LogP contribution in [0.1, 0.15) is 6.42 Å². The number of hydrogen-bond donors (Lipinski definition) is 4. The number of nitrogens with one attached hydrogen (secondary N) is 4. The Labute approximate surface area is 226 Å². The maximum atomic E-state index is 13.1. The van der Waals surface area contributed by atoms with Crippen molar-refractivity contribution < 1.29 is 14.3 Å². The van der Waals surface area contributed by atoms with Crippen molar-refractivity contribution in [2.24, 2.45) is 13.0 Å². The van der Waals surface area contributed by atoms with E-state index in [1.807, 2.05) is 30.5 Å². The van der Waals surface area contributed by atoms with Crippen LogP contribution in [0.15, 0.2) is 36.5 Å². The highest BCUT2D eigenvalue weighted by Gasteiger charge is 2.48. The summed E-state index contributed by atoms with van der Waals surface area (Å²) in [7, 11) is 5.07. The third-order valence-corrected chi connectivity index (χ3v) is 7.37. The van der Waals surface area contributed by atoms with Crippen molar-refractivity contribution in [2.45, 2.75) is 24.8 Å². The minimum atomic E-state index is -0.326. The fourth-order valence-corrected chi connectivity index (χ4v) is 5.50. The molecule has 206 valence electrons. The second-order valence-electron chi connectivity index (χ2n) is 9.87. The monoisotopic (exact) mass is 535 g/mol. The number of rotatable bonds is 7. The summed E-state index contributed by atoms with van der Waals surface area (Å²) in [5.41, 5.74) is 5.80. The van der Waals surface area contributed by atoms with Crippen LogP contribution in [0.4, 0.5) is 17.2 Å². The summed E-state index contributed by atoms with van der Waals surface area (Å²) in [6.07, 6.45) is 2.10. The molecule has 3 aliphatic rings. The van der Waals surface area contributed by atoms with E-state index in [4.69, 9.17) is 9.47 Å². The fraction of sp³-hybridized carbons (Fsp3) is 0.480. The first-order valence-electron chi connectivity index (χ1n) is 13.0. The summed E-state index contributed by atoms with van der Waals surface area (Å²) in [6.45, 7) is 3.18. The van der Waals surface area contributed by atoms with Crippen LogP contribution in [0.25, 0.3) is 11.4 Å². The number of pyridine rings is 1. The number of morpholine rings is 1. The van der Waals surface area contributed by atoms with Gasteiger partial charge in [0.2, 0.25) is 11.7 Å². The van der Waals surface area contributed by atoms with Crippen LogP contribution in [0, 0.1) is 5.92 Å². The molecule has 4 unspecified atom stereocenters. The van der Waals surface area contributed by atoms with Crippen molar-refractivity contribution in [1.29, 1.82) is 0 Å². The summed E-state index contributed by atoms with van der Waals surface area (Å²) in [4.78, 5) is 21.4. The van der Waals surface area contributed by atoms with E-state index in [2.05, 4.69) is 52.7 Å². The minimum Gasteiger partial charge on any atom is -0.494 e. The number of aryl methyl sites for hydroxylation is 1. The molecule has 3 fully saturated rings. The Balaban J connectivity index is 1.22. The summed E-state index contributed by atoms with van der Waals surface area (Å²) in [6, 6.07) is 9.58. The number of tetrazole rings is 1. The predicted octanol–water partition coefficient (Wildman–Crippen LogP) is 0.248. The Hall–Kier alpha value is -4.01. The molecule has 3 saturated heterocycles. The quantitative estimate of drug-likeness (QED) is 0.329. The van der Waals surface area contributed by atoms with Crippen LogP contribution >= 0.6 is 0 Å². The van der Waals surface area contributed by atoms with E-state index in [0.29, 0.717) is 23.6 Å². The Bertz CT molecular complexity index is 1310. The number of hydrogen-bond acceptors (Lipinski definition) is 12. The van der Waals surface area contributed by atoms with Crippen LogP contribution in [-0.4, -0.2) is 94.9 Å². The molecule has 6 rings (SSSR count). The normalized spacial score (nSPS) is 24.9. The lowest BCUT2D eigenvalue weighted by atomic mass is 9.88. The molecule has 0 saturated carbocycles. The fourth-order valence-electron chi connectivity index (χ4n) is 5.50. The number of methoxy groups -OCH3 is 1. The first kappa shape index (κ1) is 25.3. The van der Waals surface area contributed by atoms with Crippen molar-refractivity contribution in [3.8, 4) is 17.1 Å². The van der Waals surface area contributed by atoms with Crippen molar-refractivity contribution in [1.82, 2.24) is 40.9 Å². The zero-order chi connectivity index (χ0) is 26.9. The van der Waals surface area contributed by atoms with Crippen molar-refractivity contribution in [2.75, 3.05) is 56.0 Å². The molecule has 14 nitrogen and oxygen atoms in total. The molecular weight excluding hydrogens is 502 g/mol. The van der Waals surface area contributed by atoms with Gasteiger partial charge in [-0.2, -0.15) is 4.80 Å². The molecule has 14 heteroatoms. The van der Waals surface area contributed by atoms with Crippen molar-refractivity contribution in [3.63, 3.8) is 0 Å². The molecule has 39 heavy (non-hydrogen) atoms. The molecule has 2 aromatic heterocycles. The first-order valence-corrected chi connectivity index (χ1v) is 13.0. The number of fused-ring (bicyclic) bond motifs is 1. The molecule has 0 aliphatic carbocycles. The molecule has 3 aromatic rings. The maximum absolute atomic E-state index is 13.1. The van der Waals surface area contributed by atoms with Crippen LogP contribution in [-0.2, 0) is 16.6 Å². The summed E-state index contributed by atoms with van der Waals surface area (Å²) in [5, 5.41) is 24.6. The van der Waals surface area contributed by atoms with E-state index in [9.17, 15) is 4.79 Å². The van der Waals surface area contributed by atoms with Gasteiger partial charge in [0, 0.05) is 32.6 Å². The van der Waals surface area contributed by atoms with Crippen molar-refractivity contribution in [3.05, 3.63) is 36.5 Å². The van der Waals surface area contributed by atoms with E-state index < -0.39 is 0 Å². The number of anilines is 3. The number of ether oxygens (including phenoxy) is 2. The Kier molecular flexibility index (Phi) is 6.89. The minimum absolute atomic E-state index is 0.0159. The van der Waals surface area contributed by atoms with Crippen LogP contribution < -0.4 is 31.0 Å². The number of carbonyl (C=O) groups excluding carboxylic acids is 1. The van der Waals surface area contributed by atoms with E-state index in [0.717, 1.165) is 43.5 Å². The number of para-hydroxylation sites is 1. The van der Waals surface area contributed by atoms with Crippen LogP contribution in [0.5, 0.6) is 5.75 Å². The van der Waals surface area contributed by atoms with E-state index in [1.165, 1.54) is 4.80 Å². The molecule has 5 heterocycles. The largest absolute Gasteiger partial charge is 0.494 e. The highest BCUT2D eigenvalue weighted by molar-refractivity contribution is 5.83. The molecule has 3 aliphatic heterocycles. The molecule has 1 aromatic carbocycles. The standard InChI is InChI=1S/C25H33N11O3/c1-34-25(37)21-18(27-17-6-4-5-16(22(17)38-3)23-30-33-35(2)32-23)13-20(29-24(21)31-34)28-19-8-7-15(14-26-19)36-9-11-39-12-10-36/h4-8,14,18,20-21,24,27,29,31H,9-13H2,1-3H3,(H,26,28). The average molecular weight is 536 g/mol. The van der Waals surface area contributed by atoms with Gasteiger partial charge in [-0.05, 0) is 29.5 Å². The lowest BCUT2D eigenvalue weighted by Gasteiger charge is -2.39. The Morgan fingerprint density at radius 2 is 1.97 bits per heavy atom. The van der Waals surface area contributed by atoms with Gasteiger partial charge in [0.05, 0.1) is 68.8 Å². The van der Waals surface area contributed by atoms with Crippen LogP contribution in [0.3, 0.4) is 0 Å². The van der Waals surface area contributed by atoms with Gasteiger partial charge in [-0.1, -0.05) is 6.07 Å². The highest BCUT2D eigenvalue weighted by Crippen LogP contribution is 2.37. The third-order valence-electron chi connectivity index (χ3n) is 7.37. The second-order valence-corrected chi connectivity index (χ2v) is 9.87.